The Morgan fingerprint density at radius 1 is 0.591 bits per heavy atom. The van der Waals surface area contributed by atoms with E-state index in [1.165, 1.54) is 43.5 Å². The molecule has 5 aromatic carbocycles. The molecule has 0 aliphatic carbocycles. The van der Waals surface area contributed by atoms with Crippen LogP contribution in [0.5, 0.6) is 0 Å². The van der Waals surface area contributed by atoms with E-state index in [1.54, 1.807) is 6.20 Å². The predicted octanol–water partition coefficient (Wildman–Crippen LogP) is 9.49. The van der Waals surface area contributed by atoms with E-state index in [-0.39, 0.29) is 0 Å². The van der Waals surface area contributed by atoms with E-state index in [0.717, 1.165) is 27.5 Å². The number of pyridine rings is 1. The highest BCUT2D eigenvalue weighted by molar-refractivity contribution is 6.35. The molecule has 0 N–H and O–H groups in total. The van der Waals surface area contributed by atoms with Crippen molar-refractivity contribution in [3.05, 3.63) is 133 Å². The molecule has 0 radical (unpaired) electrons. The second-order valence-electron chi connectivity index (χ2n) is 11.2. The number of nitrogens with zero attached hydrogens (tertiary/aromatic N) is 6. The summed E-state index contributed by atoms with van der Waals surface area (Å²) in [4.78, 5) is 18.7. The molecule has 0 saturated heterocycles. The molecular weight excluding hydrogens is 540 g/mol. The summed E-state index contributed by atoms with van der Waals surface area (Å²) in [6.07, 6.45) is 1.76. The standard InChI is InChI=1S/C38H20N6/c1-39-23-11-8-10-22(20-23)35-36-28(15-9-19-40-36)41-38(42-35)44-31-18-7-3-13-25(31)33-32(44)21-27-24-12-2-5-16-29(24)43-30-17-6-4-14-26(30)34(33)37(27)43/h2-21H. The molecule has 0 atom stereocenters. The van der Waals surface area contributed by atoms with Crippen LogP contribution in [0.3, 0.4) is 0 Å². The van der Waals surface area contributed by atoms with Crippen LogP contribution in [-0.2, 0) is 0 Å². The van der Waals surface area contributed by atoms with Gasteiger partial charge in [0.2, 0.25) is 5.95 Å². The third-order valence-corrected chi connectivity index (χ3v) is 8.90. The minimum Gasteiger partial charge on any atom is -0.308 e. The molecular formula is C38H20N6. The molecule has 0 fully saturated rings. The zero-order valence-electron chi connectivity index (χ0n) is 23.2. The van der Waals surface area contributed by atoms with Gasteiger partial charge in [0.05, 0.1) is 39.7 Å². The molecule has 0 unspecified atom stereocenters. The molecule has 6 nitrogen and oxygen atoms in total. The molecule has 202 valence electrons. The number of para-hydroxylation sites is 3. The fourth-order valence-electron chi connectivity index (χ4n) is 7.16. The predicted molar refractivity (Wildman–Crippen MR) is 178 cm³/mol. The fraction of sp³-hybridized carbons (Fsp3) is 0. The average molecular weight is 561 g/mol. The number of fused-ring (bicyclic) bond motifs is 11. The molecule has 44 heavy (non-hydrogen) atoms. The summed E-state index contributed by atoms with van der Waals surface area (Å²) in [6, 6.07) is 39.6. The molecule has 0 saturated carbocycles. The first-order valence-corrected chi connectivity index (χ1v) is 14.5. The van der Waals surface area contributed by atoms with Crippen molar-refractivity contribution < 1.29 is 0 Å². The fourth-order valence-corrected chi connectivity index (χ4v) is 7.16. The Balaban J connectivity index is 1.42. The van der Waals surface area contributed by atoms with Gasteiger partial charge < -0.3 is 4.40 Å². The first-order chi connectivity index (χ1) is 21.8. The Morgan fingerprint density at radius 2 is 1.32 bits per heavy atom. The number of aromatic nitrogens is 5. The molecule has 6 heteroatoms. The normalized spacial score (nSPS) is 12.1. The van der Waals surface area contributed by atoms with E-state index in [1.807, 2.05) is 36.4 Å². The minimum absolute atomic E-state index is 0.559. The summed E-state index contributed by atoms with van der Waals surface area (Å²) >= 11 is 0. The lowest BCUT2D eigenvalue weighted by molar-refractivity contribution is 1.01. The number of hydrogen-bond donors (Lipinski definition) is 0. The zero-order valence-corrected chi connectivity index (χ0v) is 23.2. The summed E-state index contributed by atoms with van der Waals surface area (Å²) in [7, 11) is 0. The molecule has 0 aliphatic rings. The van der Waals surface area contributed by atoms with Gasteiger partial charge in [0.1, 0.15) is 11.2 Å². The van der Waals surface area contributed by atoms with E-state index in [9.17, 15) is 0 Å². The molecule has 10 aromatic rings. The highest BCUT2D eigenvalue weighted by Gasteiger charge is 2.25. The van der Waals surface area contributed by atoms with Gasteiger partial charge in [-0.25, -0.2) is 14.8 Å². The van der Waals surface area contributed by atoms with Crippen molar-refractivity contribution in [1.29, 1.82) is 0 Å². The van der Waals surface area contributed by atoms with E-state index < -0.39 is 0 Å². The molecule has 0 bridgehead atoms. The summed E-state index contributed by atoms with van der Waals surface area (Å²) in [6.45, 7) is 7.58. The van der Waals surface area contributed by atoms with Gasteiger partial charge in [-0.1, -0.05) is 72.8 Å². The Morgan fingerprint density at radius 3 is 2.14 bits per heavy atom. The van der Waals surface area contributed by atoms with Crippen LogP contribution >= 0.6 is 0 Å². The molecule has 5 aromatic heterocycles. The quantitative estimate of drug-likeness (QED) is 0.198. The van der Waals surface area contributed by atoms with Crippen molar-refractivity contribution >= 4 is 76.6 Å². The Labute approximate surface area is 250 Å². The van der Waals surface area contributed by atoms with Gasteiger partial charge in [0.15, 0.2) is 5.69 Å². The monoisotopic (exact) mass is 560 g/mol. The van der Waals surface area contributed by atoms with Crippen LogP contribution in [0.1, 0.15) is 0 Å². The van der Waals surface area contributed by atoms with Crippen LogP contribution in [-0.4, -0.2) is 23.9 Å². The first-order valence-electron chi connectivity index (χ1n) is 14.5. The molecule has 0 aliphatic heterocycles. The van der Waals surface area contributed by atoms with Crippen molar-refractivity contribution in [2.24, 2.45) is 0 Å². The topological polar surface area (TPSA) is 52.4 Å². The van der Waals surface area contributed by atoms with Crippen LogP contribution in [0.15, 0.2) is 121 Å². The maximum atomic E-state index is 7.58. The highest BCUT2D eigenvalue weighted by atomic mass is 15.2. The maximum Gasteiger partial charge on any atom is 0.235 e. The van der Waals surface area contributed by atoms with Crippen molar-refractivity contribution in [2.45, 2.75) is 0 Å². The van der Waals surface area contributed by atoms with Gasteiger partial charge in [-0.05, 0) is 48.0 Å². The molecule has 0 amide bonds. The summed E-state index contributed by atoms with van der Waals surface area (Å²) in [5, 5.41) is 7.24. The van der Waals surface area contributed by atoms with Crippen LogP contribution in [0, 0.1) is 6.57 Å². The van der Waals surface area contributed by atoms with Gasteiger partial charge >= 0.3 is 0 Å². The lowest BCUT2D eigenvalue weighted by Gasteiger charge is -2.11. The average Bonchev–Trinajstić information content (AvgIpc) is 3.72. The van der Waals surface area contributed by atoms with Crippen molar-refractivity contribution in [3.8, 4) is 17.2 Å². The Bertz CT molecular complexity index is 2850. The lowest BCUT2D eigenvalue weighted by Crippen LogP contribution is -2.04. The van der Waals surface area contributed by atoms with Crippen LogP contribution in [0.4, 0.5) is 5.69 Å². The first kappa shape index (κ1) is 23.3. The van der Waals surface area contributed by atoms with E-state index in [0.29, 0.717) is 22.8 Å². The minimum atomic E-state index is 0.559. The van der Waals surface area contributed by atoms with Gasteiger partial charge in [-0.3, -0.25) is 9.55 Å². The number of hydrogen-bond acceptors (Lipinski definition) is 3. The highest BCUT2D eigenvalue weighted by Crippen LogP contribution is 2.46. The van der Waals surface area contributed by atoms with E-state index >= 15 is 0 Å². The van der Waals surface area contributed by atoms with Gasteiger partial charge in [0, 0.05) is 38.5 Å². The van der Waals surface area contributed by atoms with Crippen molar-refractivity contribution in [3.63, 3.8) is 0 Å². The molecule has 5 heterocycles. The van der Waals surface area contributed by atoms with Crippen molar-refractivity contribution in [2.75, 3.05) is 0 Å². The Kier molecular flexibility index (Phi) is 4.43. The second-order valence-corrected chi connectivity index (χ2v) is 11.2. The lowest BCUT2D eigenvalue weighted by atomic mass is 10.0. The second kappa shape index (κ2) is 8.37. The van der Waals surface area contributed by atoms with Crippen LogP contribution in [0.2, 0.25) is 0 Å². The van der Waals surface area contributed by atoms with Crippen LogP contribution in [0.25, 0.3) is 93.0 Å². The van der Waals surface area contributed by atoms with Crippen LogP contribution < -0.4 is 0 Å². The largest absolute Gasteiger partial charge is 0.308 e. The van der Waals surface area contributed by atoms with E-state index in [4.69, 9.17) is 16.5 Å². The summed E-state index contributed by atoms with van der Waals surface area (Å²) < 4.78 is 4.61. The third kappa shape index (κ3) is 2.90. The SMILES string of the molecule is [C-]#[N+]c1cccc(-c2nc(-n3c4ccccc4c4c5c6ccccc6n6c7ccccc7c(cc43)c56)nc3cccnc23)c1. The smallest absolute Gasteiger partial charge is 0.235 e. The number of benzene rings is 5. The van der Waals surface area contributed by atoms with Crippen molar-refractivity contribution in [1.82, 2.24) is 23.9 Å². The summed E-state index contributed by atoms with van der Waals surface area (Å²) in [5.74, 6) is 0.571. The zero-order chi connectivity index (χ0) is 28.9. The van der Waals surface area contributed by atoms with E-state index in [2.05, 4.69) is 97.7 Å². The van der Waals surface area contributed by atoms with Gasteiger partial charge in [-0.2, -0.15) is 0 Å². The van der Waals surface area contributed by atoms with Gasteiger partial charge in [0.25, 0.3) is 0 Å². The van der Waals surface area contributed by atoms with Gasteiger partial charge in [-0.15, -0.1) is 0 Å². The number of rotatable bonds is 2. The maximum absolute atomic E-state index is 7.58. The Hall–Kier alpha value is -6.32. The molecule has 10 rings (SSSR count). The molecule has 0 spiro atoms. The third-order valence-electron chi connectivity index (χ3n) is 8.90. The summed E-state index contributed by atoms with van der Waals surface area (Å²) in [5.41, 5.74) is 9.29.